The van der Waals surface area contributed by atoms with Crippen LogP contribution in [0.5, 0.6) is 0 Å². The zero-order valence-electron chi connectivity index (χ0n) is 13.1. The average molecular weight is 309 g/mol. The van der Waals surface area contributed by atoms with E-state index in [0.29, 0.717) is 12.5 Å². The van der Waals surface area contributed by atoms with Gasteiger partial charge in [0, 0.05) is 36.5 Å². The summed E-state index contributed by atoms with van der Waals surface area (Å²) in [5.74, 6) is 0.510. The van der Waals surface area contributed by atoms with E-state index in [2.05, 4.69) is 19.2 Å². The second-order valence-corrected chi connectivity index (χ2v) is 6.52. The maximum atomic E-state index is 12.4. The summed E-state index contributed by atoms with van der Waals surface area (Å²) in [6.07, 6.45) is 2.90. The van der Waals surface area contributed by atoms with Crippen LogP contribution in [-0.2, 0) is 4.79 Å². The number of rotatable bonds is 5. The van der Waals surface area contributed by atoms with Crippen molar-refractivity contribution in [3.05, 3.63) is 34.9 Å². The number of nitrogens with zero attached hydrogens (tertiary/aromatic N) is 1. The summed E-state index contributed by atoms with van der Waals surface area (Å²) in [6.45, 7) is 5.31. The molecule has 116 valence electrons. The molecule has 1 fully saturated rings. The highest BCUT2D eigenvalue weighted by Gasteiger charge is 2.25. The van der Waals surface area contributed by atoms with Crippen molar-refractivity contribution in [3.8, 4) is 0 Å². The van der Waals surface area contributed by atoms with Crippen LogP contribution in [0.25, 0.3) is 0 Å². The van der Waals surface area contributed by atoms with Gasteiger partial charge in [0.15, 0.2) is 0 Å². The van der Waals surface area contributed by atoms with Gasteiger partial charge < -0.3 is 10.2 Å². The molecule has 1 saturated heterocycles. The smallest absolute Gasteiger partial charge is 0.224 e. The van der Waals surface area contributed by atoms with E-state index in [-0.39, 0.29) is 17.9 Å². The molecule has 0 saturated carbocycles. The van der Waals surface area contributed by atoms with Crippen LogP contribution < -0.4 is 5.32 Å². The fraction of sp³-hybridized carbons (Fsp3) is 0.588. The molecule has 0 bridgehead atoms. The number of halogens is 1. The lowest BCUT2D eigenvalue weighted by Gasteiger charge is -2.31. The monoisotopic (exact) mass is 308 g/mol. The number of amides is 1. The molecule has 3 unspecified atom stereocenters. The molecule has 1 aliphatic rings. The van der Waals surface area contributed by atoms with E-state index in [0.717, 1.165) is 18.0 Å². The predicted molar refractivity (Wildman–Crippen MR) is 87.7 cm³/mol. The van der Waals surface area contributed by atoms with Crippen molar-refractivity contribution >= 4 is 17.5 Å². The first kappa shape index (κ1) is 16.3. The number of likely N-dealkylation sites (N-methyl/N-ethyl adjacent to an activating group) is 1. The average Bonchev–Trinajstić information content (AvgIpc) is 2.98. The van der Waals surface area contributed by atoms with Gasteiger partial charge in [-0.15, -0.1) is 0 Å². The summed E-state index contributed by atoms with van der Waals surface area (Å²) in [5.41, 5.74) is 1.21. The maximum Gasteiger partial charge on any atom is 0.224 e. The topological polar surface area (TPSA) is 32.3 Å². The minimum atomic E-state index is 0.167. The Morgan fingerprint density at radius 2 is 2.05 bits per heavy atom. The highest BCUT2D eigenvalue weighted by atomic mass is 35.5. The lowest BCUT2D eigenvalue weighted by atomic mass is 9.93. The van der Waals surface area contributed by atoms with E-state index >= 15 is 0 Å². The molecule has 1 amide bonds. The summed E-state index contributed by atoms with van der Waals surface area (Å²) in [7, 11) is 1.91. The van der Waals surface area contributed by atoms with Crippen molar-refractivity contribution in [2.45, 2.75) is 51.1 Å². The second-order valence-electron chi connectivity index (χ2n) is 6.08. The third kappa shape index (κ3) is 4.21. The maximum absolute atomic E-state index is 12.4. The fourth-order valence-corrected chi connectivity index (χ4v) is 3.02. The molecular formula is C17H25ClN2O. The number of carbonyl (C=O) groups is 1. The van der Waals surface area contributed by atoms with Gasteiger partial charge in [0.1, 0.15) is 0 Å². The van der Waals surface area contributed by atoms with Gasteiger partial charge in [-0.05, 0) is 44.0 Å². The van der Waals surface area contributed by atoms with E-state index in [1.807, 2.05) is 36.2 Å². The third-order valence-electron chi connectivity index (χ3n) is 4.71. The van der Waals surface area contributed by atoms with Crippen molar-refractivity contribution in [1.82, 2.24) is 10.2 Å². The van der Waals surface area contributed by atoms with Gasteiger partial charge in [0.25, 0.3) is 0 Å². The Morgan fingerprint density at radius 3 is 2.62 bits per heavy atom. The highest BCUT2D eigenvalue weighted by molar-refractivity contribution is 6.30. The largest absolute Gasteiger partial charge is 0.342 e. The zero-order chi connectivity index (χ0) is 15.4. The normalized spacial score (nSPS) is 21.0. The molecule has 0 aliphatic carbocycles. The second kappa shape index (κ2) is 7.28. The van der Waals surface area contributed by atoms with E-state index < -0.39 is 0 Å². The van der Waals surface area contributed by atoms with Gasteiger partial charge in [-0.25, -0.2) is 0 Å². The molecule has 3 nitrogen and oxygen atoms in total. The first-order chi connectivity index (χ1) is 9.99. The Kier molecular flexibility index (Phi) is 5.65. The summed E-state index contributed by atoms with van der Waals surface area (Å²) in [4.78, 5) is 14.3. The van der Waals surface area contributed by atoms with Crippen molar-refractivity contribution in [1.29, 1.82) is 0 Å². The van der Waals surface area contributed by atoms with Crippen molar-refractivity contribution in [2.75, 3.05) is 13.6 Å². The number of hydrogen-bond acceptors (Lipinski definition) is 2. The quantitative estimate of drug-likeness (QED) is 0.904. The van der Waals surface area contributed by atoms with E-state index in [1.165, 1.54) is 12.0 Å². The Morgan fingerprint density at radius 1 is 1.38 bits per heavy atom. The van der Waals surface area contributed by atoms with Crippen LogP contribution in [0.2, 0.25) is 5.02 Å². The SMILES string of the molecule is CC(c1ccc(Cl)cc1)C(C)N(C)C(=O)CC1CCCN1. The molecule has 1 aromatic rings. The van der Waals surface area contributed by atoms with Gasteiger partial charge >= 0.3 is 0 Å². The Bertz CT molecular complexity index is 468. The summed E-state index contributed by atoms with van der Waals surface area (Å²) < 4.78 is 0. The van der Waals surface area contributed by atoms with Crippen LogP contribution in [-0.4, -0.2) is 36.5 Å². The van der Waals surface area contributed by atoms with Crippen LogP contribution in [0.4, 0.5) is 0 Å². The van der Waals surface area contributed by atoms with Gasteiger partial charge in [-0.1, -0.05) is 30.7 Å². The number of carbonyl (C=O) groups excluding carboxylic acids is 1. The summed E-state index contributed by atoms with van der Waals surface area (Å²) >= 11 is 5.93. The van der Waals surface area contributed by atoms with Crippen molar-refractivity contribution in [2.24, 2.45) is 0 Å². The van der Waals surface area contributed by atoms with E-state index in [4.69, 9.17) is 11.6 Å². The van der Waals surface area contributed by atoms with Gasteiger partial charge in [0.05, 0.1) is 0 Å². The molecule has 2 rings (SSSR count). The molecule has 4 heteroatoms. The lowest BCUT2D eigenvalue weighted by Crippen LogP contribution is -2.40. The Labute approximate surface area is 132 Å². The molecule has 1 aromatic carbocycles. The molecule has 0 radical (unpaired) electrons. The van der Waals surface area contributed by atoms with Crippen LogP contribution in [0.3, 0.4) is 0 Å². The van der Waals surface area contributed by atoms with Crippen molar-refractivity contribution < 1.29 is 4.79 Å². The van der Waals surface area contributed by atoms with Crippen molar-refractivity contribution in [3.63, 3.8) is 0 Å². The van der Waals surface area contributed by atoms with Crippen LogP contribution in [0.1, 0.15) is 44.6 Å². The molecule has 3 atom stereocenters. The van der Waals surface area contributed by atoms with Crippen LogP contribution in [0, 0.1) is 0 Å². The molecule has 1 heterocycles. The standard InChI is InChI=1S/C17H25ClN2O/c1-12(14-6-8-15(18)9-7-14)13(2)20(3)17(21)11-16-5-4-10-19-16/h6-9,12-13,16,19H,4-5,10-11H2,1-3H3. The minimum Gasteiger partial charge on any atom is -0.342 e. The molecule has 21 heavy (non-hydrogen) atoms. The fourth-order valence-electron chi connectivity index (χ4n) is 2.89. The summed E-state index contributed by atoms with van der Waals surface area (Å²) in [6, 6.07) is 8.42. The molecule has 0 spiro atoms. The van der Waals surface area contributed by atoms with E-state index in [1.54, 1.807) is 0 Å². The highest BCUT2D eigenvalue weighted by Crippen LogP contribution is 2.24. The number of benzene rings is 1. The minimum absolute atomic E-state index is 0.167. The molecule has 1 N–H and O–H groups in total. The van der Waals surface area contributed by atoms with Gasteiger partial charge in [-0.2, -0.15) is 0 Å². The van der Waals surface area contributed by atoms with Gasteiger partial charge in [-0.3, -0.25) is 4.79 Å². The first-order valence-corrected chi connectivity index (χ1v) is 8.11. The number of hydrogen-bond donors (Lipinski definition) is 1. The van der Waals surface area contributed by atoms with E-state index in [9.17, 15) is 4.79 Å². The van der Waals surface area contributed by atoms with Gasteiger partial charge in [0.2, 0.25) is 5.91 Å². The molecule has 0 aromatic heterocycles. The first-order valence-electron chi connectivity index (χ1n) is 7.73. The van der Waals surface area contributed by atoms with Crippen LogP contribution in [0.15, 0.2) is 24.3 Å². The summed E-state index contributed by atoms with van der Waals surface area (Å²) in [5, 5.41) is 4.13. The molecule has 1 aliphatic heterocycles. The predicted octanol–water partition coefficient (Wildman–Crippen LogP) is 3.43. The Hall–Kier alpha value is -1.06. The molecular weight excluding hydrogens is 284 g/mol. The zero-order valence-corrected chi connectivity index (χ0v) is 13.9. The van der Waals surface area contributed by atoms with Crippen LogP contribution >= 0.6 is 11.6 Å². The Balaban J connectivity index is 1.95. The lowest BCUT2D eigenvalue weighted by molar-refractivity contribution is -0.132. The number of nitrogens with one attached hydrogen (secondary N) is 1. The third-order valence-corrected chi connectivity index (χ3v) is 4.96.